The molecule has 0 aliphatic carbocycles. The number of amides is 1. The maximum absolute atomic E-state index is 11.0. The highest BCUT2D eigenvalue weighted by molar-refractivity contribution is 6.32. The third-order valence-electron chi connectivity index (χ3n) is 3.23. The minimum Gasteiger partial charge on any atom is -0.366 e. The molecule has 0 unspecified atom stereocenters. The van der Waals surface area contributed by atoms with Gasteiger partial charge >= 0.3 is 0 Å². The number of nitrogens with one attached hydrogen (secondary N) is 1. The first-order chi connectivity index (χ1) is 10.6. The van der Waals surface area contributed by atoms with Gasteiger partial charge in [0, 0.05) is 12.1 Å². The molecule has 0 fully saturated rings. The number of nitrogens with two attached hydrogens (primary N) is 1. The molecule has 6 heteroatoms. The van der Waals surface area contributed by atoms with Gasteiger partial charge < -0.3 is 11.1 Å². The van der Waals surface area contributed by atoms with Gasteiger partial charge in [0.1, 0.15) is 0 Å². The Labute approximate surface area is 132 Å². The lowest BCUT2D eigenvalue weighted by Gasteiger charge is -2.08. The normalized spacial score (nSPS) is 10.6. The molecule has 0 bridgehead atoms. The lowest BCUT2D eigenvalue weighted by molar-refractivity contribution is 0.100. The van der Waals surface area contributed by atoms with Crippen LogP contribution >= 0.6 is 11.6 Å². The number of benzene rings is 2. The quantitative estimate of drug-likeness (QED) is 0.776. The van der Waals surface area contributed by atoms with E-state index in [9.17, 15) is 4.79 Å². The summed E-state index contributed by atoms with van der Waals surface area (Å²) in [5.41, 5.74) is 8.20. The fraction of sp³-hybridized carbons (Fsp3) is 0.0625. The average molecular weight is 313 g/mol. The number of fused-ring (bicyclic) bond motifs is 1. The van der Waals surface area contributed by atoms with Crippen LogP contribution in [-0.2, 0) is 6.54 Å². The zero-order chi connectivity index (χ0) is 15.5. The van der Waals surface area contributed by atoms with Crippen LogP contribution in [0.1, 0.15) is 15.9 Å². The monoisotopic (exact) mass is 312 g/mol. The number of nitrogens with zero attached hydrogens (tertiary/aromatic N) is 2. The van der Waals surface area contributed by atoms with Crippen LogP contribution in [0.25, 0.3) is 11.0 Å². The van der Waals surface area contributed by atoms with E-state index in [-0.39, 0.29) is 0 Å². The fourth-order valence-electron chi connectivity index (χ4n) is 2.06. The molecule has 0 aliphatic rings. The van der Waals surface area contributed by atoms with E-state index in [4.69, 9.17) is 17.3 Å². The van der Waals surface area contributed by atoms with Gasteiger partial charge in [-0.2, -0.15) is 0 Å². The Bertz CT molecular complexity index is 833. The molecule has 3 aromatic rings. The molecule has 0 atom stereocenters. The molecule has 0 radical (unpaired) electrons. The molecule has 22 heavy (non-hydrogen) atoms. The molecule has 0 saturated carbocycles. The Morgan fingerprint density at radius 1 is 1.05 bits per heavy atom. The van der Waals surface area contributed by atoms with Crippen molar-refractivity contribution in [2.45, 2.75) is 6.54 Å². The zero-order valence-electron chi connectivity index (χ0n) is 11.6. The first-order valence-corrected chi connectivity index (χ1v) is 7.06. The number of para-hydroxylation sites is 2. The van der Waals surface area contributed by atoms with Crippen LogP contribution in [0.4, 0.5) is 5.82 Å². The number of carbonyl (C=O) groups is 1. The van der Waals surface area contributed by atoms with Crippen LogP contribution in [0.3, 0.4) is 0 Å². The molecule has 110 valence electrons. The highest BCUT2D eigenvalue weighted by Gasteiger charge is 2.06. The number of hydrogen-bond acceptors (Lipinski definition) is 4. The van der Waals surface area contributed by atoms with E-state index in [1.165, 1.54) is 0 Å². The molecule has 0 saturated heterocycles. The van der Waals surface area contributed by atoms with Crippen LogP contribution in [-0.4, -0.2) is 15.9 Å². The lowest BCUT2D eigenvalue weighted by Crippen LogP contribution is -2.11. The highest BCUT2D eigenvalue weighted by atomic mass is 35.5. The van der Waals surface area contributed by atoms with Gasteiger partial charge in [0.2, 0.25) is 5.91 Å². The summed E-state index contributed by atoms with van der Waals surface area (Å²) in [6, 6.07) is 14.6. The van der Waals surface area contributed by atoms with Crippen LogP contribution in [0.2, 0.25) is 5.15 Å². The summed E-state index contributed by atoms with van der Waals surface area (Å²) in [4.78, 5) is 19.8. The number of anilines is 1. The van der Waals surface area contributed by atoms with Crippen LogP contribution in [0.15, 0.2) is 48.5 Å². The maximum atomic E-state index is 11.0. The van der Waals surface area contributed by atoms with E-state index in [2.05, 4.69) is 15.3 Å². The van der Waals surface area contributed by atoms with Gasteiger partial charge in [-0.15, -0.1) is 0 Å². The first-order valence-electron chi connectivity index (χ1n) is 6.68. The molecular weight excluding hydrogens is 300 g/mol. The highest BCUT2D eigenvalue weighted by Crippen LogP contribution is 2.21. The van der Waals surface area contributed by atoms with Crippen molar-refractivity contribution in [3.8, 4) is 0 Å². The Hall–Kier alpha value is -2.66. The van der Waals surface area contributed by atoms with E-state index in [1.54, 1.807) is 12.1 Å². The molecule has 1 aromatic heterocycles. The number of carbonyl (C=O) groups excluding carboxylic acids is 1. The van der Waals surface area contributed by atoms with Gasteiger partial charge in [0.05, 0.1) is 11.0 Å². The van der Waals surface area contributed by atoms with Crippen LogP contribution < -0.4 is 11.1 Å². The van der Waals surface area contributed by atoms with Gasteiger partial charge in [-0.1, -0.05) is 35.9 Å². The van der Waals surface area contributed by atoms with Crippen molar-refractivity contribution in [3.05, 3.63) is 64.8 Å². The van der Waals surface area contributed by atoms with E-state index < -0.39 is 5.91 Å². The molecule has 3 rings (SSSR count). The third kappa shape index (κ3) is 2.99. The van der Waals surface area contributed by atoms with Gasteiger partial charge in [-0.25, -0.2) is 9.97 Å². The van der Waals surface area contributed by atoms with Crippen LogP contribution in [0.5, 0.6) is 0 Å². The molecule has 2 aromatic carbocycles. The predicted octanol–water partition coefficient (Wildman–Crippen LogP) is 2.99. The minimum absolute atomic E-state index is 0.326. The summed E-state index contributed by atoms with van der Waals surface area (Å²) in [5, 5.41) is 3.47. The Morgan fingerprint density at radius 2 is 1.68 bits per heavy atom. The third-order valence-corrected chi connectivity index (χ3v) is 3.49. The maximum Gasteiger partial charge on any atom is 0.248 e. The van der Waals surface area contributed by atoms with Crippen molar-refractivity contribution in [2.75, 3.05) is 5.32 Å². The smallest absolute Gasteiger partial charge is 0.248 e. The van der Waals surface area contributed by atoms with E-state index in [0.717, 1.165) is 16.6 Å². The van der Waals surface area contributed by atoms with Crippen molar-refractivity contribution < 1.29 is 4.79 Å². The van der Waals surface area contributed by atoms with Crippen molar-refractivity contribution in [1.82, 2.24) is 9.97 Å². The second-order valence-electron chi connectivity index (χ2n) is 4.77. The largest absolute Gasteiger partial charge is 0.366 e. The minimum atomic E-state index is -0.442. The Balaban J connectivity index is 1.78. The van der Waals surface area contributed by atoms with E-state index in [0.29, 0.717) is 23.1 Å². The second-order valence-corrected chi connectivity index (χ2v) is 5.12. The van der Waals surface area contributed by atoms with Gasteiger partial charge in [-0.3, -0.25) is 4.79 Å². The van der Waals surface area contributed by atoms with Crippen molar-refractivity contribution in [1.29, 1.82) is 0 Å². The summed E-state index contributed by atoms with van der Waals surface area (Å²) in [6.45, 7) is 0.520. The molecule has 0 aliphatic heterocycles. The van der Waals surface area contributed by atoms with Crippen molar-refractivity contribution in [2.24, 2.45) is 5.73 Å². The lowest BCUT2D eigenvalue weighted by atomic mass is 10.1. The average Bonchev–Trinajstić information content (AvgIpc) is 2.53. The summed E-state index contributed by atoms with van der Waals surface area (Å²) in [5.74, 6) is 0.0855. The zero-order valence-corrected chi connectivity index (χ0v) is 12.3. The Kier molecular flexibility index (Phi) is 3.89. The van der Waals surface area contributed by atoms with Crippen molar-refractivity contribution >= 4 is 34.4 Å². The summed E-state index contributed by atoms with van der Waals surface area (Å²) in [7, 11) is 0. The standard InChI is InChI=1S/C16H13ClN4O/c17-14-16(21-13-4-2-1-3-12(13)20-14)19-9-10-5-7-11(8-6-10)15(18)22/h1-8H,9H2,(H2,18,22)(H,19,21). The second kappa shape index (κ2) is 5.99. The van der Waals surface area contributed by atoms with E-state index in [1.807, 2.05) is 36.4 Å². The van der Waals surface area contributed by atoms with Gasteiger partial charge in [-0.05, 0) is 29.8 Å². The molecular formula is C16H13ClN4O. The molecule has 5 nitrogen and oxygen atoms in total. The molecule has 1 amide bonds. The Morgan fingerprint density at radius 3 is 2.32 bits per heavy atom. The summed E-state index contributed by atoms with van der Waals surface area (Å²) < 4.78 is 0. The topological polar surface area (TPSA) is 80.9 Å². The van der Waals surface area contributed by atoms with Gasteiger partial charge in [0.15, 0.2) is 11.0 Å². The van der Waals surface area contributed by atoms with Gasteiger partial charge in [0.25, 0.3) is 0 Å². The van der Waals surface area contributed by atoms with E-state index >= 15 is 0 Å². The molecule has 1 heterocycles. The summed E-state index contributed by atoms with van der Waals surface area (Å²) >= 11 is 6.14. The molecule has 3 N–H and O–H groups in total. The number of hydrogen-bond donors (Lipinski definition) is 2. The SMILES string of the molecule is NC(=O)c1ccc(CNc2nc3ccccc3nc2Cl)cc1. The number of aromatic nitrogens is 2. The van der Waals surface area contributed by atoms with Crippen LogP contribution in [0, 0.1) is 0 Å². The predicted molar refractivity (Wildman–Crippen MR) is 86.8 cm³/mol. The van der Waals surface area contributed by atoms with Crippen molar-refractivity contribution in [3.63, 3.8) is 0 Å². The number of primary amides is 1. The summed E-state index contributed by atoms with van der Waals surface area (Å²) in [6.07, 6.45) is 0. The fourth-order valence-corrected chi connectivity index (χ4v) is 2.26. The molecule has 0 spiro atoms. The number of rotatable bonds is 4. The number of halogens is 1. The first kappa shape index (κ1) is 14.3.